The highest BCUT2D eigenvalue weighted by Gasteiger charge is 2.16. The molecule has 196 valence electrons. The summed E-state index contributed by atoms with van der Waals surface area (Å²) < 4.78 is 8.74. The molecule has 0 aliphatic carbocycles. The Kier molecular flexibility index (Phi) is 6.87. The molecule has 2 aromatic carbocycles. The van der Waals surface area contributed by atoms with Gasteiger partial charge in [0, 0.05) is 37.1 Å². The number of fused-ring (bicyclic) bond motifs is 1. The summed E-state index contributed by atoms with van der Waals surface area (Å²) in [7, 11) is 1.88. The maximum Gasteiger partial charge on any atom is 0.263 e. The van der Waals surface area contributed by atoms with Crippen LogP contribution in [0.3, 0.4) is 0 Å². The van der Waals surface area contributed by atoms with Crippen molar-refractivity contribution in [3.05, 3.63) is 95.3 Å². The van der Waals surface area contributed by atoms with Crippen LogP contribution >= 0.6 is 0 Å². The fourth-order valence-corrected chi connectivity index (χ4v) is 4.37. The third-order valence-electron chi connectivity index (χ3n) is 6.16. The zero-order chi connectivity index (χ0) is 27.5. The van der Waals surface area contributed by atoms with Crippen LogP contribution in [0.1, 0.15) is 18.5 Å². The summed E-state index contributed by atoms with van der Waals surface area (Å²) in [5.74, 6) is 1.11. The molecule has 0 aliphatic rings. The molecular formula is C28H27N9O2. The molecule has 4 heterocycles. The minimum atomic E-state index is 0.0139. The van der Waals surface area contributed by atoms with Gasteiger partial charge in [-0.3, -0.25) is 14.0 Å². The predicted octanol–water partition coefficient (Wildman–Crippen LogP) is 3.95. The highest BCUT2D eigenvalue weighted by Crippen LogP contribution is 2.28. The van der Waals surface area contributed by atoms with Crippen molar-refractivity contribution in [2.24, 2.45) is 7.05 Å². The average Bonchev–Trinajstić information content (AvgIpc) is 3.57. The summed E-state index contributed by atoms with van der Waals surface area (Å²) in [5, 5.41) is 13.4. The third-order valence-corrected chi connectivity index (χ3v) is 6.16. The Labute approximate surface area is 223 Å². The lowest BCUT2D eigenvalue weighted by Crippen LogP contribution is -2.22. The molecule has 0 bridgehead atoms. The van der Waals surface area contributed by atoms with Crippen LogP contribution < -0.4 is 17.0 Å². The Morgan fingerprint density at radius 1 is 0.974 bits per heavy atom. The first-order valence-corrected chi connectivity index (χ1v) is 12.3. The summed E-state index contributed by atoms with van der Waals surface area (Å²) >= 11 is 0. The number of benzene rings is 2. The molecule has 4 aromatic heterocycles. The van der Waals surface area contributed by atoms with Gasteiger partial charge >= 0.3 is 0 Å². The molecule has 0 saturated heterocycles. The average molecular weight is 522 g/mol. The van der Waals surface area contributed by atoms with E-state index in [2.05, 4.69) is 38.3 Å². The lowest BCUT2D eigenvalue weighted by molar-refractivity contribution is 0.533. The number of aryl methyl sites for hydroxylation is 3. The van der Waals surface area contributed by atoms with Crippen LogP contribution in [-0.4, -0.2) is 34.5 Å². The normalized spacial score (nSPS) is 10.8. The van der Waals surface area contributed by atoms with Gasteiger partial charge in [0.2, 0.25) is 5.89 Å². The van der Waals surface area contributed by atoms with E-state index in [-0.39, 0.29) is 23.1 Å². The minimum Gasteiger partial charge on any atom is -0.421 e. The monoisotopic (exact) mass is 521 g/mol. The predicted molar refractivity (Wildman–Crippen MR) is 150 cm³/mol. The van der Waals surface area contributed by atoms with Crippen LogP contribution in [-0.2, 0) is 13.5 Å². The molecule has 0 fully saturated rings. The number of hydrogen-bond donors (Lipinski definition) is 2. The second-order valence-electron chi connectivity index (χ2n) is 8.78. The Bertz CT molecular complexity index is 1800. The van der Waals surface area contributed by atoms with E-state index in [9.17, 15) is 4.79 Å². The van der Waals surface area contributed by atoms with Crippen LogP contribution in [0.15, 0.2) is 82.5 Å². The number of rotatable bonds is 4. The Morgan fingerprint density at radius 3 is 2.33 bits per heavy atom. The number of hydrogen-bond acceptors (Lipinski definition) is 9. The smallest absolute Gasteiger partial charge is 0.263 e. The number of pyridine rings is 1. The van der Waals surface area contributed by atoms with Crippen LogP contribution in [0.25, 0.3) is 39.0 Å². The van der Waals surface area contributed by atoms with E-state index in [1.807, 2.05) is 66.3 Å². The largest absolute Gasteiger partial charge is 0.421 e. The fraction of sp³-hybridized carbons (Fsp3) is 0.143. The van der Waals surface area contributed by atoms with Crippen LogP contribution in [0.4, 0.5) is 11.6 Å². The number of nitrogens with zero attached hydrogens (tertiary/aromatic N) is 7. The zero-order valence-electron chi connectivity index (χ0n) is 21.7. The molecule has 11 heteroatoms. The number of nitrogen functional groups attached to an aromatic ring is 2. The third kappa shape index (κ3) is 4.97. The van der Waals surface area contributed by atoms with Crippen LogP contribution in [0.2, 0.25) is 0 Å². The second kappa shape index (κ2) is 10.6. The number of anilines is 2. The van der Waals surface area contributed by atoms with Gasteiger partial charge in [0.15, 0.2) is 0 Å². The Hall–Kier alpha value is -5.32. The second-order valence-corrected chi connectivity index (χ2v) is 8.78. The van der Waals surface area contributed by atoms with Gasteiger partial charge in [-0.2, -0.15) is 5.10 Å². The maximum atomic E-state index is 13.4. The van der Waals surface area contributed by atoms with Crippen LogP contribution in [0, 0.1) is 6.92 Å². The summed E-state index contributed by atoms with van der Waals surface area (Å²) in [4.78, 5) is 21.0. The molecule has 11 nitrogen and oxygen atoms in total. The molecule has 0 saturated carbocycles. The Morgan fingerprint density at radius 2 is 1.72 bits per heavy atom. The molecule has 0 spiro atoms. The molecule has 4 N–H and O–H groups in total. The van der Waals surface area contributed by atoms with Crippen LogP contribution in [0.5, 0.6) is 0 Å². The molecule has 0 atom stereocenters. The molecule has 6 rings (SSSR count). The van der Waals surface area contributed by atoms with E-state index in [0.29, 0.717) is 11.5 Å². The number of aromatic nitrogens is 7. The first-order valence-electron chi connectivity index (χ1n) is 12.3. The maximum absolute atomic E-state index is 13.4. The van der Waals surface area contributed by atoms with Gasteiger partial charge in [-0.15, -0.1) is 10.2 Å². The molecular weight excluding hydrogens is 494 g/mol. The van der Waals surface area contributed by atoms with Crippen molar-refractivity contribution in [2.45, 2.75) is 20.3 Å². The molecule has 39 heavy (non-hydrogen) atoms. The van der Waals surface area contributed by atoms with E-state index in [1.54, 1.807) is 17.8 Å². The summed E-state index contributed by atoms with van der Waals surface area (Å²) in [6.07, 6.45) is 5.80. The fourth-order valence-electron chi connectivity index (χ4n) is 4.37. The molecule has 0 radical (unpaired) electrons. The summed E-state index contributed by atoms with van der Waals surface area (Å²) in [6.45, 7) is 3.75. The summed E-state index contributed by atoms with van der Waals surface area (Å²) in [6, 6.07) is 17.9. The van der Waals surface area contributed by atoms with E-state index in [0.717, 1.165) is 39.7 Å². The number of para-hydroxylation sites is 1. The zero-order valence-corrected chi connectivity index (χ0v) is 21.7. The summed E-state index contributed by atoms with van der Waals surface area (Å²) in [5.41, 5.74) is 15.4. The van der Waals surface area contributed by atoms with Gasteiger partial charge < -0.3 is 15.9 Å². The van der Waals surface area contributed by atoms with Gasteiger partial charge in [0.1, 0.15) is 23.5 Å². The first-order chi connectivity index (χ1) is 18.9. The lowest BCUT2D eigenvalue weighted by atomic mass is 10.0. The highest BCUT2D eigenvalue weighted by atomic mass is 16.4. The lowest BCUT2D eigenvalue weighted by Gasteiger charge is -2.15. The van der Waals surface area contributed by atoms with Crippen molar-refractivity contribution < 1.29 is 4.42 Å². The van der Waals surface area contributed by atoms with E-state index in [4.69, 9.17) is 15.9 Å². The molecule has 0 amide bonds. The van der Waals surface area contributed by atoms with Gasteiger partial charge in [-0.05, 0) is 35.6 Å². The van der Waals surface area contributed by atoms with E-state index >= 15 is 0 Å². The SMILES string of the molecule is CCc1cc2cccc(-c3cnn(C)c3)c2c(=O)n1-c1ccccc1.Cc1nnc(-c2c(N)ncnc2N)o1. The standard InChI is InChI=1S/C21H19N3O.C7H8N6O/c1-3-17-12-15-8-7-11-19(16-13-22-23(2)14-16)20(15)21(25)24(17)18-9-5-4-6-10-18;1-3-12-13-7(14-3)4-5(8)10-2-11-6(4)9/h4-14H,3H2,1-2H3;2H,1H3,(H4,8,9,10,11). The van der Waals surface area contributed by atoms with E-state index in [1.165, 1.54) is 6.33 Å². The number of nitrogens with two attached hydrogens (primary N) is 2. The van der Waals surface area contributed by atoms with Crippen molar-refractivity contribution in [3.63, 3.8) is 0 Å². The van der Waals surface area contributed by atoms with Gasteiger partial charge in [0.05, 0.1) is 11.6 Å². The van der Waals surface area contributed by atoms with Crippen molar-refractivity contribution in [3.8, 4) is 28.3 Å². The van der Waals surface area contributed by atoms with Gasteiger partial charge in [0.25, 0.3) is 11.4 Å². The Balaban J connectivity index is 0.000000186. The van der Waals surface area contributed by atoms with E-state index < -0.39 is 0 Å². The molecule has 0 unspecified atom stereocenters. The first kappa shape index (κ1) is 25.3. The topological polar surface area (TPSA) is 157 Å². The molecule has 0 aliphatic heterocycles. The quantitative estimate of drug-likeness (QED) is 0.350. The molecule has 6 aromatic rings. The van der Waals surface area contributed by atoms with Crippen molar-refractivity contribution in [1.29, 1.82) is 0 Å². The van der Waals surface area contributed by atoms with Crippen molar-refractivity contribution in [1.82, 2.24) is 34.5 Å². The van der Waals surface area contributed by atoms with Crippen molar-refractivity contribution in [2.75, 3.05) is 11.5 Å². The van der Waals surface area contributed by atoms with Crippen molar-refractivity contribution >= 4 is 22.4 Å². The highest BCUT2D eigenvalue weighted by molar-refractivity contribution is 5.96. The minimum absolute atomic E-state index is 0.0139. The van der Waals surface area contributed by atoms with Gasteiger partial charge in [-0.1, -0.05) is 43.3 Å². The van der Waals surface area contributed by atoms with Gasteiger partial charge in [-0.25, -0.2) is 9.97 Å².